The molecule has 1 aromatic carbocycles. The largest absolute Gasteiger partial charge is 0.341 e. The topological polar surface area (TPSA) is 62.8 Å². The number of hydrogen-bond donors (Lipinski definition) is 1. The van der Waals surface area contributed by atoms with Gasteiger partial charge in [-0.3, -0.25) is 0 Å². The number of hydrogen-bond acceptors (Lipinski definition) is 3. The maximum atomic E-state index is 13.3. The number of benzene rings is 1. The molecule has 0 amide bonds. The van der Waals surface area contributed by atoms with Gasteiger partial charge in [0.15, 0.2) is 15.7 Å². The van der Waals surface area contributed by atoms with Gasteiger partial charge >= 0.3 is 0 Å². The lowest BCUT2D eigenvalue weighted by atomic mass is 10.3. The first kappa shape index (κ1) is 12.0. The fraction of sp³-hybridized carbons (Fsp3) is 0.300. The third-order valence-corrected chi connectivity index (χ3v) is 4.06. The molecule has 1 atom stereocenters. The molecule has 0 saturated carbocycles. The molecule has 7 heteroatoms. The summed E-state index contributed by atoms with van der Waals surface area (Å²) < 4.78 is 48.9. The van der Waals surface area contributed by atoms with Crippen molar-refractivity contribution in [3.05, 3.63) is 29.6 Å². The molecule has 0 spiro atoms. The molecule has 0 radical (unpaired) electrons. The Kier molecular flexibility index (Phi) is 2.65. The molecule has 1 heterocycles. The van der Waals surface area contributed by atoms with Crippen LogP contribution in [0.5, 0.6) is 0 Å². The number of sulfone groups is 1. The Morgan fingerprint density at radius 1 is 1.35 bits per heavy atom. The predicted octanol–water partition coefficient (Wildman–Crippen LogP) is 1.95. The summed E-state index contributed by atoms with van der Waals surface area (Å²) in [7, 11) is -3.34. The molecule has 4 nitrogen and oxygen atoms in total. The summed E-state index contributed by atoms with van der Waals surface area (Å²) in [6, 6.07) is 1.78. The molecule has 2 aromatic rings. The van der Waals surface area contributed by atoms with Crippen molar-refractivity contribution < 1.29 is 17.2 Å². The van der Waals surface area contributed by atoms with Gasteiger partial charge in [-0.05, 0) is 13.0 Å². The average molecular weight is 260 g/mol. The van der Waals surface area contributed by atoms with Gasteiger partial charge in [0.1, 0.15) is 22.4 Å². The average Bonchev–Trinajstić information content (AvgIpc) is 2.58. The van der Waals surface area contributed by atoms with Crippen molar-refractivity contribution in [3.8, 4) is 0 Å². The zero-order chi connectivity index (χ0) is 12.8. The standard InChI is InChI=1S/C10H10F2N2O2S/c1-5(17(2,15)16)10-13-8-4-6(11)3-7(12)9(8)14-10/h3-5H,1-2H3,(H,13,14). The summed E-state index contributed by atoms with van der Waals surface area (Å²) in [5.74, 6) is -1.45. The van der Waals surface area contributed by atoms with Crippen LogP contribution in [-0.2, 0) is 9.84 Å². The summed E-state index contributed by atoms with van der Waals surface area (Å²) in [5, 5.41) is -0.891. The number of nitrogens with one attached hydrogen (secondary N) is 1. The van der Waals surface area contributed by atoms with Crippen molar-refractivity contribution in [2.45, 2.75) is 12.2 Å². The van der Waals surface area contributed by atoms with E-state index >= 15 is 0 Å². The van der Waals surface area contributed by atoms with Crippen molar-refractivity contribution in [1.29, 1.82) is 0 Å². The Morgan fingerprint density at radius 2 is 2.00 bits per heavy atom. The van der Waals surface area contributed by atoms with E-state index < -0.39 is 26.7 Å². The van der Waals surface area contributed by atoms with Crippen LogP contribution in [0.3, 0.4) is 0 Å². The molecule has 0 fully saturated rings. The predicted molar refractivity (Wildman–Crippen MR) is 59.3 cm³/mol. The molecule has 0 saturated heterocycles. The molecule has 0 aliphatic heterocycles. The summed E-state index contributed by atoms with van der Waals surface area (Å²) in [5.41, 5.74) is 0.0879. The molecule has 1 unspecified atom stereocenters. The highest BCUT2D eigenvalue weighted by atomic mass is 32.2. The van der Waals surface area contributed by atoms with E-state index in [1.54, 1.807) is 0 Å². The molecule has 92 valence electrons. The number of H-pyrrole nitrogens is 1. The molecule has 2 rings (SSSR count). The fourth-order valence-corrected chi connectivity index (χ4v) is 1.97. The summed E-state index contributed by atoms with van der Waals surface area (Å²) in [6.07, 6.45) is 1.06. The number of rotatable bonds is 2. The minimum Gasteiger partial charge on any atom is -0.341 e. The number of halogens is 2. The van der Waals surface area contributed by atoms with Crippen LogP contribution in [0.25, 0.3) is 11.0 Å². The smallest absolute Gasteiger partial charge is 0.157 e. The highest BCUT2D eigenvalue weighted by molar-refractivity contribution is 7.90. The number of aromatic amines is 1. The maximum Gasteiger partial charge on any atom is 0.157 e. The van der Waals surface area contributed by atoms with Crippen molar-refractivity contribution in [3.63, 3.8) is 0 Å². The zero-order valence-electron chi connectivity index (χ0n) is 9.16. The van der Waals surface area contributed by atoms with Gasteiger partial charge in [-0.15, -0.1) is 0 Å². The lowest BCUT2D eigenvalue weighted by Gasteiger charge is -2.04. The quantitative estimate of drug-likeness (QED) is 0.897. The number of fused-ring (bicyclic) bond motifs is 1. The minimum absolute atomic E-state index is 0.0584. The first-order chi connectivity index (χ1) is 7.79. The van der Waals surface area contributed by atoms with Gasteiger partial charge in [-0.1, -0.05) is 0 Å². The highest BCUT2D eigenvalue weighted by Crippen LogP contribution is 2.23. The van der Waals surface area contributed by atoms with Crippen molar-refractivity contribution in [1.82, 2.24) is 9.97 Å². The third kappa shape index (κ3) is 2.14. The van der Waals surface area contributed by atoms with Gasteiger partial charge in [-0.2, -0.15) is 0 Å². The van der Waals surface area contributed by atoms with Crippen LogP contribution >= 0.6 is 0 Å². The second kappa shape index (κ2) is 3.76. The first-order valence-corrected chi connectivity index (χ1v) is 6.78. The summed E-state index contributed by atoms with van der Waals surface area (Å²) >= 11 is 0. The summed E-state index contributed by atoms with van der Waals surface area (Å²) in [6.45, 7) is 1.43. The van der Waals surface area contributed by atoms with E-state index in [0.717, 1.165) is 12.3 Å². The van der Waals surface area contributed by atoms with E-state index in [1.165, 1.54) is 6.92 Å². The second-order valence-corrected chi connectivity index (χ2v) is 6.24. The molecule has 17 heavy (non-hydrogen) atoms. The molecule has 0 aliphatic rings. The van der Waals surface area contributed by atoms with E-state index in [2.05, 4.69) is 9.97 Å². The lowest BCUT2D eigenvalue weighted by Crippen LogP contribution is -2.09. The third-order valence-electron chi connectivity index (χ3n) is 2.55. The molecular weight excluding hydrogens is 250 g/mol. The Bertz CT molecular complexity index is 679. The zero-order valence-corrected chi connectivity index (χ0v) is 9.98. The van der Waals surface area contributed by atoms with Crippen molar-refractivity contribution >= 4 is 20.9 Å². The van der Waals surface area contributed by atoms with Gasteiger partial charge in [0.25, 0.3) is 0 Å². The minimum atomic E-state index is -3.34. The van der Waals surface area contributed by atoms with E-state index in [0.29, 0.717) is 6.07 Å². The molecule has 1 N–H and O–H groups in total. The summed E-state index contributed by atoms with van der Waals surface area (Å²) in [4.78, 5) is 6.46. The van der Waals surface area contributed by atoms with Crippen LogP contribution in [0.2, 0.25) is 0 Å². The number of nitrogens with zero attached hydrogens (tertiary/aromatic N) is 1. The van der Waals surface area contributed by atoms with Crippen LogP contribution in [0.4, 0.5) is 8.78 Å². The Balaban J connectivity index is 2.63. The first-order valence-electron chi connectivity index (χ1n) is 4.82. The monoisotopic (exact) mass is 260 g/mol. The van der Waals surface area contributed by atoms with Crippen LogP contribution < -0.4 is 0 Å². The van der Waals surface area contributed by atoms with E-state index in [9.17, 15) is 17.2 Å². The Hall–Kier alpha value is -1.50. The maximum absolute atomic E-state index is 13.3. The number of imidazole rings is 1. The van der Waals surface area contributed by atoms with E-state index in [-0.39, 0.29) is 16.9 Å². The Labute approximate surface area is 96.6 Å². The lowest BCUT2D eigenvalue weighted by molar-refractivity contribution is 0.587. The van der Waals surface area contributed by atoms with Gasteiger partial charge in [0, 0.05) is 12.3 Å². The number of aromatic nitrogens is 2. The van der Waals surface area contributed by atoms with E-state index in [1.807, 2.05) is 0 Å². The Morgan fingerprint density at radius 3 is 2.59 bits per heavy atom. The molecule has 1 aromatic heterocycles. The highest BCUT2D eigenvalue weighted by Gasteiger charge is 2.22. The van der Waals surface area contributed by atoms with Gasteiger partial charge in [0.2, 0.25) is 0 Å². The van der Waals surface area contributed by atoms with Crippen LogP contribution in [0, 0.1) is 11.6 Å². The second-order valence-electron chi connectivity index (χ2n) is 3.88. The van der Waals surface area contributed by atoms with E-state index in [4.69, 9.17) is 0 Å². The van der Waals surface area contributed by atoms with Crippen LogP contribution in [0.1, 0.15) is 18.0 Å². The van der Waals surface area contributed by atoms with Gasteiger partial charge in [-0.25, -0.2) is 22.2 Å². The van der Waals surface area contributed by atoms with Crippen molar-refractivity contribution in [2.24, 2.45) is 0 Å². The SMILES string of the molecule is CC(c1nc2c(F)cc(F)cc2[nH]1)S(C)(=O)=O. The fourth-order valence-electron chi connectivity index (χ4n) is 1.46. The molecular formula is C10H10F2N2O2S. The normalized spacial score (nSPS) is 14.1. The van der Waals surface area contributed by atoms with Gasteiger partial charge in [0.05, 0.1) is 5.52 Å². The van der Waals surface area contributed by atoms with Crippen molar-refractivity contribution in [2.75, 3.05) is 6.26 Å². The van der Waals surface area contributed by atoms with Crippen LogP contribution in [-0.4, -0.2) is 24.6 Å². The van der Waals surface area contributed by atoms with Crippen LogP contribution in [0.15, 0.2) is 12.1 Å². The molecule has 0 aliphatic carbocycles. The molecule has 0 bridgehead atoms. The van der Waals surface area contributed by atoms with Gasteiger partial charge < -0.3 is 4.98 Å².